The number of nitrogens with zero attached hydrogens (tertiary/aromatic N) is 3. The average molecular weight is 549 g/mol. The minimum Gasteiger partial charge on any atom is -0.431 e. The van der Waals surface area contributed by atoms with Crippen molar-refractivity contribution >= 4 is 34.5 Å². The maximum absolute atomic E-state index is 13.2. The second-order valence-corrected chi connectivity index (χ2v) is 11.3. The minimum atomic E-state index is -4.48. The summed E-state index contributed by atoms with van der Waals surface area (Å²) < 4.78 is 45.1. The smallest absolute Gasteiger partial charge is 0.420 e. The lowest BCUT2D eigenvalue weighted by molar-refractivity contribution is -0.136. The van der Waals surface area contributed by atoms with Gasteiger partial charge in [0.05, 0.1) is 6.54 Å². The zero-order valence-electron chi connectivity index (χ0n) is 22.3. The van der Waals surface area contributed by atoms with Crippen LogP contribution < -0.4 is 5.32 Å². The van der Waals surface area contributed by atoms with Crippen LogP contribution in [0.2, 0.25) is 0 Å². The number of oxazole rings is 1. The molecule has 38 heavy (non-hydrogen) atoms. The van der Waals surface area contributed by atoms with Crippen molar-refractivity contribution < 1.29 is 22.4 Å². The van der Waals surface area contributed by atoms with Gasteiger partial charge >= 0.3 is 6.18 Å². The summed E-state index contributed by atoms with van der Waals surface area (Å²) in [6.07, 6.45) is -4.48. The average Bonchev–Trinajstić information content (AvgIpc) is 3.27. The molecule has 0 atom stereocenters. The molecule has 1 fully saturated rings. The van der Waals surface area contributed by atoms with Crippen molar-refractivity contribution in [2.75, 3.05) is 50.3 Å². The first-order chi connectivity index (χ1) is 18.0. The van der Waals surface area contributed by atoms with Crippen LogP contribution in [-0.4, -0.2) is 65.7 Å². The summed E-state index contributed by atoms with van der Waals surface area (Å²) in [6.45, 7) is 12.8. The van der Waals surface area contributed by atoms with E-state index in [1.165, 1.54) is 23.9 Å². The van der Waals surface area contributed by atoms with Crippen molar-refractivity contribution in [3.63, 3.8) is 0 Å². The fourth-order valence-electron chi connectivity index (χ4n) is 4.72. The summed E-state index contributed by atoms with van der Waals surface area (Å²) in [5, 5.41) is 3.44. The highest BCUT2D eigenvalue weighted by Crippen LogP contribution is 2.36. The fraction of sp³-hybridized carbons (Fsp3) is 0.500. The number of fused-ring (bicyclic) bond motifs is 1. The first kappa shape index (κ1) is 28.4. The Kier molecular flexibility index (Phi) is 9.05. The topological polar surface area (TPSA) is 61.6 Å². The van der Waals surface area contributed by atoms with Crippen molar-refractivity contribution in [1.82, 2.24) is 14.8 Å². The van der Waals surface area contributed by atoms with E-state index in [0.29, 0.717) is 24.1 Å². The van der Waals surface area contributed by atoms with Crippen molar-refractivity contribution in [3.8, 4) is 0 Å². The van der Waals surface area contributed by atoms with Gasteiger partial charge < -0.3 is 9.73 Å². The van der Waals surface area contributed by atoms with Gasteiger partial charge in [-0.25, -0.2) is 4.98 Å². The number of anilines is 1. The summed E-state index contributed by atoms with van der Waals surface area (Å²) in [6, 6.07) is 10.1. The monoisotopic (exact) mass is 548 g/mol. The third-order valence-corrected chi connectivity index (χ3v) is 7.61. The normalized spacial score (nSPS) is 15.6. The number of aromatic nitrogens is 1. The summed E-state index contributed by atoms with van der Waals surface area (Å²) in [4.78, 5) is 21.6. The van der Waals surface area contributed by atoms with E-state index in [0.717, 1.165) is 55.6 Å². The Balaban J connectivity index is 1.25. The zero-order valence-corrected chi connectivity index (χ0v) is 23.1. The van der Waals surface area contributed by atoms with Gasteiger partial charge in [0.15, 0.2) is 5.58 Å². The molecule has 206 valence electrons. The highest BCUT2D eigenvalue weighted by molar-refractivity contribution is 7.99. The number of benzene rings is 2. The molecule has 6 nitrogen and oxygen atoms in total. The van der Waals surface area contributed by atoms with E-state index in [1.54, 1.807) is 0 Å². The lowest BCUT2D eigenvalue weighted by Crippen LogP contribution is -2.49. The predicted molar refractivity (Wildman–Crippen MR) is 146 cm³/mol. The molecule has 0 saturated carbocycles. The van der Waals surface area contributed by atoms with E-state index in [9.17, 15) is 18.0 Å². The predicted octanol–water partition coefficient (Wildman–Crippen LogP) is 6.44. The number of nitrogens with one attached hydrogen (secondary N) is 1. The van der Waals surface area contributed by atoms with Crippen LogP contribution in [0.15, 0.2) is 46.0 Å². The molecule has 0 unspecified atom stereocenters. The Labute approximate surface area is 226 Å². The van der Waals surface area contributed by atoms with Crippen LogP contribution in [0.5, 0.6) is 0 Å². The van der Waals surface area contributed by atoms with Crippen molar-refractivity contribution in [1.29, 1.82) is 0 Å². The molecule has 1 aliphatic heterocycles. The van der Waals surface area contributed by atoms with Gasteiger partial charge in [-0.15, -0.1) is 0 Å². The summed E-state index contributed by atoms with van der Waals surface area (Å²) in [7, 11) is 0. The first-order valence-corrected chi connectivity index (χ1v) is 14.0. The lowest BCUT2D eigenvalue weighted by atomic mass is 9.92. The Bertz CT molecular complexity index is 1220. The molecule has 2 aromatic carbocycles. The molecule has 0 spiro atoms. The van der Waals surface area contributed by atoms with Gasteiger partial charge in [0.1, 0.15) is 11.1 Å². The number of amides is 1. The number of alkyl halides is 3. The third-order valence-electron chi connectivity index (χ3n) is 6.80. The Morgan fingerprint density at radius 1 is 1.00 bits per heavy atom. The second-order valence-electron chi connectivity index (χ2n) is 10.3. The minimum absolute atomic E-state index is 0.00167. The van der Waals surface area contributed by atoms with Crippen LogP contribution in [0, 0.1) is 0 Å². The largest absolute Gasteiger partial charge is 0.431 e. The van der Waals surface area contributed by atoms with Crippen LogP contribution >= 0.6 is 11.8 Å². The van der Waals surface area contributed by atoms with E-state index < -0.39 is 11.7 Å². The molecule has 4 rings (SSSR count). The van der Waals surface area contributed by atoms with Gasteiger partial charge in [-0.2, -0.15) is 13.2 Å². The molecule has 3 aromatic rings. The van der Waals surface area contributed by atoms with E-state index in [-0.39, 0.29) is 22.2 Å². The molecule has 10 heteroatoms. The van der Waals surface area contributed by atoms with Gasteiger partial charge in [-0.1, -0.05) is 63.7 Å². The number of carbonyl (C=O) groups is 1. The molecule has 1 aliphatic rings. The molecule has 0 radical (unpaired) electrons. The molecule has 1 saturated heterocycles. The summed E-state index contributed by atoms with van der Waals surface area (Å²) >= 11 is 1.31. The fourth-order valence-corrected chi connectivity index (χ4v) is 5.55. The number of thioether (sulfide) groups is 1. The molecule has 2 heterocycles. The van der Waals surface area contributed by atoms with Crippen LogP contribution in [0.1, 0.15) is 56.2 Å². The van der Waals surface area contributed by atoms with Gasteiger partial charge in [0.25, 0.3) is 5.22 Å². The maximum Gasteiger partial charge on any atom is 0.420 e. The van der Waals surface area contributed by atoms with E-state index >= 15 is 0 Å². The zero-order chi connectivity index (χ0) is 27.4. The van der Waals surface area contributed by atoms with E-state index in [4.69, 9.17) is 4.42 Å². The Morgan fingerprint density at radius 3 is 2.21 bits per heavy atom. The quantitative estimate of drug-likeness (QED) is 0.311. The van der Waals surface area contributed by atoms with E-state index in [2.05, 4.69) is 66.0 Å². The number of carbonyl (C=O) groups excluding carboxylic acids is 1. The van der Waals surface area contributed by atoms with Gasteiger partial charge in [-0.05, 0) is 35.1 Å². The van der Waals surface area contributed by atoms with Gasteiger partial charge in [-0.3, -0.25) is 14.6 Å². The first-order valence-electron chi connectivity index (χ1n) is 13.0. The summed E-state index contributed by atoms with van der Waals surface area (Å²) in [5.74, 6) is 1.27. The standard InChI is InChI=1S/C28H35F3N4O2S/c1-18(2)20-7-5-8-21(19(3)4)25(20)33-24(36)17-35-13-11-34(12-14-35)15-16-38-27-32-23-10-6-9-22(26(23)37-27)28(29,30)31/h5-10,18-19H,11-17H2,1-4H3,(H,33,36). The molecule has 0 aliphatic carbocycles. The van der Waals surface area contributed by atoms with Gasteiger partial charge in [0.2, 0.25) is 5.91 Å². The summed E-state index contributed by atoms with van der Waals surface area (Å²) in [5.41, 5.74) is 2.44. The Hall–Kier alpha value is -2.56. The van der Waals surface area contributed by atoms with Crippen molar-refractivity contribution in [2.45, 2.75) is 50.9 Å². The second kappa shape index (κ2) is 12.1. The highest BCUT2D eigenvalue weighted by atomic mass is 32.2. The van der Waals surface area contributed by atoms with Crippen LogP contribution in [0.3, 0.4) is 0 Å². The molecule has 1 aromatic heterocycles. The highest BCUT2D eigenvalue weighted by Gasteiger charge is 2.34. The van der Waals surface area contributed by atoms with Crippen molar-refractivity contribution in [2.24, 2.45) is 0 Å². The number of hydrogen-bond donors (Lipinski definition) is 1. The third kappa shape index (κ3) is 6.90. The molecule has 1 N–H and O–H groups in total. The van der Waals surface area contributed by atoms with Crippen LogP contribution in [-0.2, 0) is 11.0 Å². The maximum atomic E-state index is 13.2. The number of hydrogen-bond acceptors (Lipinski definition) is 6. The van der Waals surface area contributed by atoms with Gasteiger partial charge in [0, 0.05) is 44.2 Å². The van der Waals surface area contributed by atoms with Crippen LogP contribution in [0.25, 0.3) is 11.1 Å². The molecule has 1 amide bonds. The number of halogens is 3. The molecular formula is C28H35F3N4O2S. The number of para-hydroxylation sites is 2. The number of piperazine rings is 1. The molecular weight excluding hydrogens is 513 g/mol. The number of rotatable bonds is 9. The lowest BCUT2D eigenvalue weighted by Gasteiger charge is -2.34. The SMILES string of the molecule is CC(C)c1cccc(C(C)C)c1NC(=O)CN1CCN(CCSc2nc3cccc(C(F)(F)F)c3o2)CC1. The van der Waals surface area contributed by atoms with Crippen molar-refractivity contribution in [3.05, 3.63) is 53.1 Å². The van der Waals surface area contributed by atoms with Crippen LogP contribution in [0.4, 0.5) is 18.9 Å². The Morgan fingerprint density at radius 2 is 1.61 bits per heavy atom. The molecule has 0 bridgehead atoms. The van der Waals surface area contributed by atoms with E-state index in [1.807, 2.05) is 0 Å².